The number of aliphatic hydroxyl groups is 1. The molecule has 0 aromatic heterocycles. The van der Waals surface area contributed by atoms with Crippen LogP contribution in [-0.4, -0.2) is 42.7 Å². The number of nitrogens with zero attached hydrogens (tertiary/aromatic N) is 1. The van der Waals surface area contributed by atoms with Gasteiger partial charge in [-0.25, -0.2) is 4.99 Å². The monoisotopic (exact) mass is 318 g/mol. The minimum atomic E-state index is -1.90. The Kier molecular flexibility index (Phi) is 6.13. The van der Waals surface area contributed by atoms with E-state index in [-0.39, 0.29) is 17.2 Å². The SMILES string of the molecule is CCCSC1=N[C@H](O)[C@@H](O[Si](C)(C)C(C)(C)C)[C@@H](C)N1. The number of hydrogen-bond donors (Lipinski definition) is 2. The van der Waals surface area contributed by atoms with Crippen LogP contribution in [-0.2, 0) is 4.43 Å². The first-order chi connectivity index (χ1) is 9.08. The molecule has 0 unspecified atom stereocenters. The maximum absolute atomic E-state index is 10.3. The maximum atomic E-state index is 10.3. The largest absolute Gasteiger partial charge is 0.407 e. The van der Waals surface area contributed by atoms with E-state index in [0.717, 1.165) is 17.3 Å². The number of amidine groups is 1. The zero-order valence-corrected chi connectivity index (χ0v) is 15.7. The molecule has 0 amide bonds. The fourth-order valence-electron chi connectivity index (χ4n) is 1.72. The second-order valence-corrected chi connectivity index (χ2v) is 12.8. The number of aliphatic hydroxyl groups excluding tert-OH is 1. The van der Waals surface area contributed by atoms with Crippen molar-refractivity contribution in [2.45, 2.75) is 77.5 Å². The summed E-state index contributed by atoms with van der Waals surface area (Å²) in [7, 11) is -1.90. The van der Waals surface area contributed by atoms with E-state index in [1.807, 2.05) is 0 Å². The van der Waals surface area contributed by atoms with Gasteiger partial charge in [-0.1, -0.05) is 39.5 Å². The third kappa shape index (κ3) is 4.48. The minimum absolute atomic E-state index is 0.0796. The van der Waals surface area contributed by atoms with Crippen molar-refractivity contribution >= 4 is 25.2 Å². The maximum Gasteiger partial charge on any atom is 0.192 e. The van der Waals surface area contributed by atoms with Gasteiger partial charge in [0.05, 0.1) is 6.04 Å². The Morgan fingerprint density at radius 2 is 2.00 bits per heavy atom. The van der Waals surface area contributed by atoms with Crippen LogP contribution in [0.5, 0.6) is 0 Å². The zero-order chi connectivity index (χ0) is 15.6. The average Bonchev–Trinajstić information content (AvgIpc) is 2.29. The van der Waals surface area contributed by atoms with Crippen LogP contribution in [0, 0.1) is 0 Å². The summed E-state index contributed by atoms with van der Waals surface area (Å²) in [5.74, 6) is 1.01. The highest BCUT2D eigenvalue weighted by atomic mass is 32.2. The van der Waals surface area contributed by atoms with E-state index in [2.05, 4.69) is 58.0 Å². The summed E-state index contributed by atoms with van der Waals surface area (Å²) >= 11 is 1.67. The molecule has 0 aliphatic carbocycles. The van der Waals surface area contributed by atoms with Crippen molar-refractivity contribution in [3.8, 4) is 0 Å². The average molecular weight is 319 g/mol. The number of rotatable bonds is 4. The molecule has 0 fully saturated rings. The first-order valence-electron chi connectivity index (χ1n) is 7.41. The van der Waals surface area contributed by atoms with Gasteiger partial charge >= 0.3 is 0 Å². The Balaban J connectivity index is 2.76. The summed E-state index contributed by atoms with van der Waals surface area (Å²) in [6.07, 6.45) is 0.0707. The summed E-state index contributed by atoms with van der Waals surface area (Å²) in [6.45, 7) is 15.2. The number of hydrogen-bond acceptors (Lipinski definition) is 5. The van der Waals surface area contributed by atoms with Crippen molar-refractivity contribution in [3.05, 3.63) is 0 Å². The molecular formula is C14H30N2O2SSi. The lowest BCUT2D eigenvalue weighted by Gasteiger charge is -2.43. The molecule has 6 heteroatoms. The van der Waals surface area contributed by atoms with Crippen molar-refractivity contribution in [2.24, 2.45) is 4.99 Å². The summed E-state index contributed by atoms with van der Waals surface area (Å²) in [6, 6.07) is 0.0796. The van der Waals surface area contributed by atoms with Gasteiger partial charge in [-0.15, -0.1) is 0 Å². The van der Waals surface area contributed by atoms with Gasteiger partial charge in [0.2, 0.25) is 0 Å². The smallest absolute Gasteiger partial charge is 0.192 e. The third-order valence-electron chi connectivity index (χ3n) is 4.07. The quantitative estimate of drug-likeness (QED) is 0.782. The fourth-order valence-corrected chi connectivity index (χ4v) is 3.93. The van der Waals surface area contributed by atoms with Crippen molar-refractivity contribution in [3.63, 3.8) is 0 Å². The van der Waals surface area contributed by atoms with E-state index < -0.39 is 14.5 Å². The first kappa shape index (κ1) is 18.0. The van der Waals surface area contributed by atoms with Gasteiger partial charge in [0, 0.05) is 5.75 Å². The second kappa shape index (κ2) is 6.81. The molecule has 1 rings (SSSR count). The topological polar surface area (TPSA) is 53.9 Å². The summed E-state index contributed by atoms with van der Waals surface area (Å²) in [5.41, 5.74) is 0. The molecule has 20 heavy (non-hydrogen) atoms. The molecule has 0 aromatic rings. The second-order valence-electron chi connectivity index (χ2n) is 6.97. The Labute approximate surface area is 128 Å². The Hall–Kier alpha value is -0.0431. The minimum Gasteiger partial charge on any atom is -0.407 e. The molecule has 1 aliphatic rings. The molecular weight excluding hydrogens is 288 g/mol. The van der Waals surface area contributed by atoms with Crippen molar-refractivity contribution in [2.75, 3.05) is 5.75 Å². The molecule has 0 radical (unpaired) electrons. The van der Waals surface area contributed by atoms with Gasteiger partial charge in [-0.05, 0) is 31.5 Å². The van der Waals surface area contributed by atoms with E-state index in [9.17, 15) is 5.11 Å². The van der Waals surface area contributed by atoms with Gasteiger partial charge in [-0.3, -0.25) is 0 Å². The molecule has 0 saturated carbocycles. The van der Waals surface area contributed by atoms with Crippen molar-refractivity contribution < 1.29 is 9.53 Å². The van der Waals surface area contributed by atoms with E-state index >= 15 is 0 Å². The lowest BCUT2D eigenvalue weighted by molar-refractivity contribution is 0.0113. The molecule has 118 valence electrons. The predicted molar refractivity (Wildman–Crippen MR) is 90.9 cm³/mol. The lowest BCUT2D eigenvalue weighted by Crippen LogP contribution is -2.57. The van der Waals surface area contributed by atoms with Crippen LogP contribution < -0.4 is 5.32 Å². The molecule has 0 saturated heterocycles. The number of nitrogens with one attached hydrogen (secondary N) is 1. The van der Waals surface area contributed by atoms with Crippen molar-refractivity contribution in [1.82, 2.24) is 5.32 Å². The molecule has 0 aromatic carbocycles. The number of aliphatic imine (C=N–C) groups is 1. The van der Waals surface area contributed by atoms with E-state index in [0.29, 0.717) is 0 Å². The normalized spacial score (nSPS) is 28.0. The van der Waals surface area contributed by atoms with Crippen LogP contribution >= 0.6 is 11.8 Å². The van der Waals surface area contributed by atoms with Crippen LogP contribution in [0.1, 0.15) is 41.0 Å². The summed E-state index contributed by atoms with van der Waals surface area (Å²) in [4.78, 5) is 4.34. The van der Waals surface area contributed by atoms with Crippen molar-refractivity contribution in [1.29, 1.82) is 0 Å². The van der Waals surface area contributed by atoms with Gasteiger partial charge in [0.15, 0.2) is 19.7 Å². The van der Waals surface area contributed by atoms with Gasteiger partial charge in [0.1, 0.15) is 6.10 Å². The van der Waals surface area contributed by atoms with Gasteiger partial charge < -0.3 is 14.8 Å². The lowest BCUT2D eigenvalue weighted by atomic mass is 10.1. The molecule has 3 atom stereocenters. The van der Waals surface area contributed by atoms with Crippen LogP contribution in [0.15, 0.2) is 4.99 Å². The molecule has 1 aliphatic heterocycles. The van der Waals surface area contributed by atoms with E-state index in [1.165, 1.54) is 0 Å². The number of thioether (sulfide) groups is 1. The van der Waals surface area contributed by atoms with Gasteiger partial charge in [0.25, 0.3) is 0 Å². The Morgan fingerprint density at radius 3 is 2.45 bits per heavy atom. The first-order valence-corrected chi connectivity index (χ1v) is 11.3. The van der Waals surface area contributed by atoms with Crippen LogP contribution in [0.3, 0.4) is 0 Å². The van der Waals surface area contributed by atoms with Crippen LogP contribution in [0.25, 0.3) is 0 Å². The van der Waals surface area contributed by atoms with Crippen LogP contribution in [0.2, 0.25) is 18.1 Å². The molecule has 4 nitrogen and oxygen atoms in total. The predicted octanol–water partition coefficient (Wildman–Crippen LogP) is 3.19. The molecule has 2 N–H and O–H groups in total. The summed E-state index contributed by atoms with van der Waals surface area (Å²) in [5, 5.41) is 14.6. The third-order valence-corrected chi connectivity index (χ3v) is 9.65. The molecule has 1 heterocycles. The highest BCUT2D eigenvalue weighted by Crippen LogP contribution is 2.38. The zero-order valence-electron chi connectivity index (χ0n) is 13.9. The Morgan fingerprint density at radius 1 is 1.40 bits per heavy atom. The fraction of sp³-hybridized carbons (Fsp3) is 0.929. The standard InChI is InChI=1S/C14H30N2O2SSi/c1-8-9-19-13-15-10(2)11(12(17)16-13)18-20(6,7)14(3,4)5/h10-12,17H,8-9H2,1-7H3,(H,15,16)/t10-,11+,12-/m1/s1. The van der Waals surface area contributed by atoms with Crippen LogP contribution in [0.4, 0.5) is 0 Å². The molecule has 0 spiro atoms. The highest BCUT2D eigenvalue weighted by molar-refractivity contribution is 8.13. The van der Waals surface area contributed by atoms with E-state index in [1.54, 1.807) is 11.8 Å². The summed E-state index contributed by atoms with van der Waals surface area (Å²) < 4.78 is 6.33. The highest BCUT2D eigenvalue weighted by Gasteiger charge is 2.43. The van der Waals surface area contributed by atoms with Gasteiger partial charge in [-0.2, -0.15) is 0 Å². The molecule has 0 bridgehead atoms. The van der Waals surface area contributed by atoms with E-state index in [4.69, 9.17) is 4.43 Å². The Bertz CT molecular complexity index is 356.